The molecule has 0 bridgehead atoms. The van der Waals surface area contributed by atoms with E-state index in [0.717, 1.165) is 12.1 Å². The molecule has 1 aromatic carbocycles. The lowest BCUT2D eigenvalue weighted by molar-refractivity contribution is 0.121. The maximum Gasteiger partial charge on any atom is 0.0940 e. The van der Waals surface area contributed by atoms with Crippen LogP contribution in [0.25, 0.3) is 0 Å². The third-order valence-corrected chi connectivity index (χ3v) is 1.88. The third kappa shape index (κ3) is 4.12. The second kappa shape index (κ2) is 5.17. The quantitative estimate of drug-likeness (QED) is 0.870. The molecule has 0 aliphatic carbocycles. The van der Waals surface area contributed by atoms with Gasteiger partial charge in [-0.1, -0.05) is 23.7 Å². The van der Waals surface area contributed by atoms with Crippen molar-refractivity contribution in [1.29, 1.82) is 0 Å². The second-order valence-corrected chi connectivity index (χ2v) is 3.55. The molecule has 3 heteroatoms. The minimum Gasteiger partial charge on any atom is -0.387 e. The zero-order valence-electron chi connectivity index (χ0n) is 22.1. The fourth-order valence-electron chi connectivity index (χ4n) is 1.03. The maximum absolute atomic E-state index is 10.8. The molecule has 2 atom stereocenters. The first-order valence-corrected chi connectivity index (χ1v) is 4.61. The Morgan fingerprint density at radius 1 is 1.50 bits per heavy atom. The minimum absolute atomic E-state index is 0.0835. The summed E-state index contributed by atoms with van der Waals surface area (Å²) < 4.78 is 108. The molecule has 0 saturated heterocycles. The number of hydrogen-bond acceptors (Lipinski definition) is 2. The van der Waals surface area contributed by atoms with Crippen molar-refractivity contribution in [3.05, 3.63) is 34.9 Å². The van der Waals surface area contributed by atoms with Gasteiger partial charge in [-0.15, -0.1) is 0 Å². The summed E-state index contributed by atoms with van der Waals surface area (Å²) in [6, 6.07) is 0.570. The standard InChI is InChI=1S/C13H20ClNO/c1-9(15-13(2,3)4)12(16)10-6-5-7-11(14)8-10/h5-9,12,15-16H,1-4H3/i1D3,2D3,3D3,4D3,9D,12D. The van der Waals surface area contributed by atoms with Gasteiger partial charge in [-0.2, -0.15) is 0 Å². The summed E-state index contributed by atoms with van der Waals surface area (Å²) in [6.45, 7) is -15.5. The SMILES string of the molecule is [2H]C([2H])([2H])C([2H])(NC(C([2H])([2H])[2H])(C([2H])([2H])[2H])C([2H])([2H])[2H])C([2H])(O)c1cccc(Cl)c1. The molecule has 2 N–H and O–H groups in total. The summed E-state index contributed by atoms with van der Waals surface area (Å²) in [5.41, 5.74) is -4.58. The van der Waals surface area contributed by atoms with Crippen LogP contribution in [0, 0.1) is 0 Å². The van der Waals surface area contributed by atoms with Crippen molar-refractivity contribution in [2.75, 3.05) is 0 Å². The van der Waals surface area contributed by atoms with Gasteiger partial charge in [0.2, 0.25) is 0 Å². The first kappa shape index (κ1) is 3.71. The number of hydrogen-bond donors (Lipinski definition) is 2. The van der Waals surface area contributed by atoms with E-state index in [9.17, 15) is 5.11 Å². The molecule has 0 heterocycles. The van der Waals surface area contributed by atoms with E-state index in [-0.39, 0.29) is 5.02 Å². The molecule has 0 fully saturated rings. The fourth-order valence-corrected chi connectivity index (χ4v) is 1.22. The van der Waals surface area contributed by atoms with Crippen molar-refractivity contribution in [1.82, 2.24) is 5.32 Å². The van der Waals surface area contributed by atoms with E-state index in [1.165, 1.54) is 17.4 Å². The van der Waals surface area contributed by atoms with E-state index in [4.69, 9.17) is 30.8 Å². The summed E-state index contributed by atoms with van der Waals surface area (Å²) in [7, 11) is 0. The summed E-state index contributed by atoms with van der Waals surface area (Å²) in [5.74, 6) is 0. The topological polar surface area (TPSA) is 32.3 Å². The molecule has 0 saturated carbocycles. The predicted octanol–water partition coefficient (Wildman–Crippen LogP) is 3.15. The van der Waals surface area contributed by atoms with Crippen molar-refractivity contribution < 1.29 is 24.3 Å². The highest BCUT2D eigenvalue weighted by molar-refractivity contribution is 6.30. The zero-order chi connectivity index (χ0) is 24.2. The lowest BCUT2D eigenvalue weighted by Gasteiger charge is -2.29. The van der Waals surface area contributed by atoms with E-state index in [1.54, 1.807) is 0 Å². The van der Waals surface area contributed by atoms with Crippen molar-refractivity contribution in [2.24, 2.45) is 0 Å². The molecule has 1 rings (SSSR count). The van der Waals surface area contributed by atoms with E-state index < -0.39 is 50.6 Å². The zero-order valence-corrected chi connectivity index (χ0v) is 8.89. The van der Waals surface area contributed by atoms with Crippen LogP contribution in [0.15, 0.2) is 24.3 Å². The van der Waals surface area contributed by atoms with Gasteiger partial charge < -0.3 is 10.4 Å². The highest BCUT2D eigenvalue weighted by atomic mass is 35.5. The molecule has 0 aromatic heterocycles. The van der Waals surface area contributed by atoms with Gasteiger partial charge in [0.15, 0.2) is 0 Å². The van der Waals surface area contributed by atoms with Crippen LogP contribution in [0.4, 0.5) is 0 Å². The van der Waals surface area contributed by atoms with Gasteiger partial charge in [0.05, 0.1) is 7.45 Å². The molecule has 0 radical (unpaired) electrons. The number of aliphatic hydroxyl groups is 1. The van der Waals surface area contributed by atoms with Gasteiger partial charge in [-0.3, -0.25) is 0 Å². The van der Waals surface area contributed by atoms with Crippen LogP contribution >= 0.6 is 11.6 Å². The van der Waals surface area contributed by atoms with Crippen molar-refractivity contribution >= 4 is 11.6 Å². The smallest absolute Gasteiger partial charge is 0.0940 e. The fraction of sp³-hybridized carbons (Fsp3) is 0.538. The molecule has 16 heavy (non-hydrogen) atoms. The van der Waals surface area contributed by atoms with Crippen LogP contribution in [-0.2, 0) is 0 Å². The maximum atomic E-state index is 10.8. The molecule has 1 aromatic rings. The number of benzene rings is 1. The molecule has 0 aliphatic heterocycles. The summed E-state index contributed by atoms with van der Waals surface area (Å²) in [5, 5.41) is 12.1. The van der Waals surface area contributed by atoms with Gasteiger partial charge in [0.1, 0.15) is 0 Å². The summed E-state index contributed by atoms with van der Waals surface area (Å²) >= 11 is 5.78. The van der Waals surface area contributed by atoms with Crippen LogP contribution < -0.4 is 5.32 Å². The Morgan fingerprint density at radius 3 is 2.81 bits per heavy atom. The van der Waals surface area contributed by atoms with E-state index >= 15 is 0 Å². The van der Waals surface area contributed by atoms with Crippen molar-refractivity contribution in [3.63, 3.8) is 0 Å². The van der Waals surface area contributed by atoms with E-state index in [0.29, 0.717) is 0 Å². The molecule has 0 amide bonds. The Morgan fingerprint density at radius 2 is 2.25 bits per heavy atom. The van der Waals surface area contributed by atoms with Gasteiger partial charge in [-0.05, 0) is 45.1 Å². The van der Waals surface area contributed by atoms with Crippen LogP contribution in [0.1, 0.15) is 58.2 Å². The molecular formula is C13H20ClNO. The van der Waals surface area contributed by atoms with Crippen LogP contribution in [0.5, 0.6) is 0 Å². The lowest BCUT2D eigenvalue weighted by atomic mass is 10.00. The summed E-state index contributed by atoms with van der Waals surface area (Å²) in [4.78, 5) is 0. The Balaban J connectivity index is 3.97. The largest absolute Gasteiger partial charge is 0.387 e. The van der Waals surface area contributed by atoms with Crippen molar-refractivity contribution in [3.8, 4) is 0 Å². The monoisotopic (exact) mass is 255 g/mol. The number of rotatable bonds is 3. The van der Waals surface area contributed by atoms with Crippen LogP contribution in [0.3, 0.4) is 0 Å². The first-order chi connectivity index (χ1) is 13.0. The Bertz CT molecular complexity index is 729. The predicted molar refractivity (Wildman–Crippen MR) is 68.8 cm³/mol. The average Bonchev–Trinajstić information content (AvgIpc) is 2.47. The molecule has 0 spiro atoms. The number of nitrogens with one attached hydrogen (secondary N) is 1. The molecule has 90 valence electrons. The molecule has 0 aliphatic rings. The van der Waals surface area contributed by atoms with Gasteiger partial charge in [0.25, 0.3) is 0 Å². The van der Waals surface area contributed by atoms with E-state index in [2.05, 4.69) is 0 Å². The molecule has 2 unspecified atom stereocenters. The number of halogens is 1. The molecular weight excluding hydrogens is 222 g/mol. The highest BCUT2D eigenvalue weighted by Gasteiger charge is 2.21. The van der Waals surface area contributed by atoms with Gasteiger partial charge >= 0.3 is 0 Å². The Kier molecular flexibility index (Phi) is 1.20. The normalized spacial score (nSPS) is 35.9. The Labute approximate surface area is 122 Å². The van der Waals surface area contributed by atoms with Crippen LogP contribution in [0.2, 0.25) is 5.02 Å². The second-order valence-electron chi connectivity index (χ2n) is 3.11. The van der Waals surface area contributed by atoms with Crippen LogP contribution in [-0.4, -0.2) is 16.7 Å². The average molecular weight is 256 g/mol. The van der Waals surface area contributed by atoms with Gasteiger partial charge in [0, 0.05) is 34.4 Å². The summed E-state index contributed by atoms with van der Waals surface area (Å²) in [6.07, 6.45) is -3.56. The van der Waals surface area contributed by atoms with Crippen molar-refractivity contribution in [2.45, 2.75) is 45.0 Å². The molecule has 2 nitrogen and oxygen atoms in total. The first-order valence-electron chi connectivity index (χ1n) is 11.2. The third-order valence-electron chi connectivity index (χ3n) is 1.65. The lowest BCUT2D eigenvalue weighted by Crippen LogP contribution is -2.44. The van der Waals surface area contributed by atoms with Gasteiger partial charge in [-0.25, -0.2) is 0 Å². The Hall–Kier alpha value is -0.570. The highest BCUT2D eigenvalue weighted by Crippen LogP contribution is 2.21. The minimum atomic E-state index is -3.98. The van der Waals surface area contributed by atoms with E-state index in [1.807, 2.05) is 0 Å².